The Morgan fingerprint density at radius 3 is 2.67 bits per heavy atom. The maximum Gasteiger partial charge on any atom is 0.338 e. The Labute approximate surface area is 110 Å². The predicted octanol–water partition coefficient (Wildman–Crippen LogP) is 1.45. The van der Waals surface area contributed by atoms with Crippen molar-refractivity contribution < 1.29 is 4.79 Å². The summed E-state index contributed by atoms with van der Waals surface area (Å²) in [6.07, 6.45) is 1.72. The summed E-state index contributed by atoms with van der Waals surface area (Å²) >= 11 is 6.12. The molecule has 3 rings (SSSR count). The molecular weight excluding hydrogens is 252 g/mol. The molecule has 0 bridgehead atoms. The fourth-order valence-electron chi connectivity index (χ4n) is 2.45. The van der Waals surface area contributed by atoms with E-state index in [1.807, 2.05) is 18.2 Å². The fraction of sp³-hybridized carbons (Fsp3) is 0.417. The third-order valence-corrected chi connectivity index (χ3v) is 3.75. The van der Waals surface area contributed by atoms with E-state index in [9.17, 15) is 4.79 Å². The van der Waals surface area contributed by atoms with Gasteiger partial charge in [-0.2, -0.15) is 0 Å². The molecule has 2 aliphatic heterocycles. The summed E-state index contributed by atoms with van der Waals surface area (Å²) in [6, 6.07) is 7.17. The van der Waals surface area contributed by atoms with Crippen LogP contribution in [0.15, 0.2) is 24.3 Å². The first-order valence-electron chi connectivity index (χ1n) is 6.06. The molecule has 96 valence electrons. The largest absolute Gasteiger partial charge is 0.338 e. The number of piperidine rings is 1. The van der Waals surface area contributed by atoms with Crippen LogP contribution in [0.5, 0.6) is 0 Å². The van der Waals surface area contributed by atoms with Crippen LogP contribution in [0.4, 0.5) is 10.5 Å². The van der Waals surface area contributed by atoms with Gasteiger partial charge in [-0.05, 0) is 38.1 Å². The van der Waals surface area contributed by atoms with Crippen LogP contribution in [-0.4, -0.2) is 24.8 Å². The molecule has 0 unspecified atom stereocenters. The van der Waals surface area contributed by atoms with Gasteiger partial charge < -0.3 is 10.6 Å². The number of hydrogen-bond donors (Lipinski definition) is 3. The fourth-order valence-corrected chi connectivity index (χ4v) is 2.67. The van der Waals surface area contributed by atoms with E-state index in [0.717, 1.165) is 25.9 Å². The molecule has 1 aromatic rings. The van der Waals surface area contributed by atoms with Crippen molar-refractivity contribution in [2.24, 2.45) is 0 Å². The monoisotopic (exact) mass is 266 g/mol. The van der Waals surface area contributed by atoms with Crippen molar-refractivity contribution in [3.63, 3.8) is 0 Å². The summed E-state index contributed by atoms with van der Waals surface area (Å²) in [5.74, 6) is 0. The molecule has 0 radical (unpaired) electrons. The molecule has 1 spiro atoms. The second-order valence-corrected chi connectivity index (χ2v) is 5.07. The number of hydrogen-bond acceptors (Lipinski definition) is 3. The molecule has 2 heterocycles. The zero-order valence-electron chi connectivity index (χ0n) is 9.87. The zero-order chi connectivity index (χ0) is 12.6. The molecule has 18 heavy (non-hydrogen) atoms. The highest BCUT2D eigenvalue weighted by Crippen LogP contribution is 2.29. The molecule has 1 aromatic carbocycles. The van der Waals surface area contributed by atoms with Gasteiger partial charge in [0.1, 0.15) is 5.66 Å². The predicted molar refractivity (Wildman–Crippen MR) is 70.4 cm³/mol. The average molecular weight is 267 g/mol. The average Bonchev–Trinajstić information content (AvgIpc) is 2.67. The lowest BCUT2D eigenvalue weighted by atomic mass is 10.00. The van der Waals surface area contributed by atoms with E-state index in [-0.39, 0.29) is 11.7 Å². The second-order valence-electron chi connectivity index (χ2n) is 4.66. The summed E-state index contributed by atoms with van der Waals surface area (Å²) in [5.41, 5.74) is 3.62. The minimum atomic E-state index is -0.332. The number of anilines is 1. The molecular formula is C12H15ClN4O. The lowest BCUT2D eigenvalue weighted by molar-refractivity contribution is 0.229. The van der Waals surface area contributed by atoms with Crippen LogP contribution in [0.2, 0.25) is 5.02 Å². The first kappa shape index (κ1) is 11.8. The first-order chi connectivity index (χ1) is 8.70. The molecule has 0 aromatic heterocycles. The smallest absolute Gasteiger partial charge is 0.317 e. The minimum absolute atomic E-state index is 0.148. The van der Waals surface area contributed by atoms with Crippen LogP contribution in [0.3, 0.4) is 0 Å². The summed E-state index contributed by atoms with van der Waals surface area (Å²) in [4.78, 5) is 12.1. The molecule has 6 heteroatoms. The Morgan fingerprint density at radius 2 is 1.94 bits per heavy atom. The number of hydrazine groups is 1. The van der Waals surface area contributed by atoms with Crippen molar-refractivity contribution >= 4 is 23.3 Å². The number of benzene rings is 1. The topological polar surface area (TPSA) is 56.4 Å². The number of carbonyl (C=O) groups is 1. The van der Waals surface area contributed by atoms with Crippen LogP contribution in [-0.2, 0) is 0 Å². The molecule has 5 nitrogen and oxygen atoms in total. The van der Waals surface area contributed by atoms with Crippen molar-refractivity contribution in [1.82, 2.24) is 16.1 Å². The van der Waals surface area contributed by atoms with Crippen molar-refractivity contribution in [2.45, 2.75) is 18.5 Å². The van der Waals surface area contributed by atoms with Gasteiger partial charge in [-0.15, -0.1) is 0 Å². The van der Waals surface area contributed by atoms with Crippen molar-refractivity contribution in [1.29, 1.82) is 0 Å². The molecule has 2 amide bonds. The van der Waals surface area contributed by atoms with Crippen LogP contribution in [0.25, 0.3) is 0 Å². The summed E-state index contributed by atoms with van der Waals surface area (Å²) in [5, 5.41) is 8.37. The standard InChI is InChI=1S/C12H15ClN4O/c13-9-3-1-2-4-10(9)17-11(18)15-12(16-17)5-7-14-8-6-12/h1-4,14,16H,5-8H2,(H,15,18). The SMILES string of the molecule is O=C1NC2(CCNCC2)NN1c1ccccc1Cl. The molecule has 0 saturated carbocycles. The van der Waals surface area contributed by atoms with Gasteiger partial charge in [-0.25, -0.2) is 15.2 Å². The molecule has 2 saturated heterocycles. The Hall–Kier alpha value is -1.30. The van der Waals surface area contributed by atoms with E-state index in [0.29, 0.717) is 10.7 Å². The molecule has 2 aliphatic rings. The van der Waals surface area contributed by atoms with E-state index in [2.05, 4.69) is 16.1 Å². The number of para-hydroxylation sites is 1. The highest BCUT2D eigenvalue weighted by atomic mass is 35.5. The summed E-state index contributed by atoms with van der Waals surface area (Å²) < 4.78 is 0. The number of urea groups is 1. The molecule has 3 N–H and O–H groups in total. The van der Waals surface area contributed by atoms with Gasteiger partial charge in [0.2, 0.25) is 0 Å². The second kappa shape index (κ2) is 4.42. The zero-order valence-corrected chi connectivity index (χ0v) is 10.6. The van der Waals surface area contributed by atoms with E-state index >= 15 is 0 Å². The minimum Gasteiger partial charge on any atom is -0.317 e. The van der Waals surface area contributed by atoms with E-state index in [1.54, 1.807) is 6.07 Å². The van der Waals surface area contributed by atoms with Crippen molar-refractivity contribution in [3.05, 3.63) is 29.3 Å². The Morgan fingerprint density at radius 1 is 1.22 bits per heavy atom. The molecule has 0 atom stereocenters. The Balaban J connectivity index is 1.87. The third kappa shape index (κ3) is 1.94. The Bertz CT molecular complexity index is 473. The first-order valence-corrected chi connectivity index (χ1v) is 6.43. The number of rotatable bonds is 1. The maximum atomic E-state index is 12.1. The number of halogens is 1. The van der Waals surface area contributed by atoms with Gasteiger partial charge in [-0.3, -0.25) is 0 Å². The van der Waals surface area contributed by atoms with Gasteiger partial charge in [-0.1, -0.05) is 23.7 Å². The van der Waals surface area contributed by atoms with E-state index in [1.165, 1.54) is 5.01 Å². The normalized spacial score (nSPS) is 22.3. The lowest BCUT2D eigenvalue weighted by Gasteiger charge is -2.33. The van der Waals surface area contributed by atoms with Crippen molar-refractivity contribution in [2.75, 3.05) is 18.1 Å². The highest BCUT2D eigenvalue weighted by Gasteiger charge is 2.43. The van der Waals surface area contributed by atoms with Crippen LogP contribution >= 0.6 is 11.6 Å². The third-order valence-electron chi connectivity index (χ3n) is 3.43. The highest BCUT2D eigenvalue weighted by molar-refractivity contribution is 6.33. The van der Waals surface area contributed by atoms with Gasteiger partial charge in [0.15, 0.2) is 0 Å². The van der Waals surface area contributed by atoms with E-state index in [4.69, 9.17) is 11.6 Å². The lowest BCUT2D eigenvalue weighted by Crippen LogP contribution is -2.57. The number of carbonyl (C=O) groups excluding carboxylic acids is 1. The quantitative estimate of drug-likeness (QED) is 0.721. The van der Waals surface area contributed by atoms with Crippen LogP contribution in [0.1, 0.15) is 12.8 Å². The van der Waals surface area contributed by atoms with Gasteiger partial charge in [0.25, 0.3) is 0 Å². The van der Waals surface area contributed by atoms with Crippen LogP contribution in [0, 0.1) is 0 Å². The van der Waals surface area contributed by atoms with Crippen LogP contribution < -0.4 is 21.1 Å². The van der Waals surface area contributed by atoms with Gasteiger partial charge in [0, 0.05) is 0 Å². The number of nitrogens with one attached hydrogen (secondary N) is 3. The van der Waals surface area contributed by atoms with Gasteiger partial charge >= 0.3 is 6.03 Å². The summed E-state index contributed by atoms with van der Waals surface area (Å²) in [6.45, 7) is 1.79. The number of nitrogens with zero attached hydrogens (tertiary/aromatic N) is 1. The molecule has 0 aliphatic carbocycles. The maximum absolute atomic E-state index is 12.1. The summed E-state index contributed by atoms with van der Waals surface area (Å²) in [7, 11) is 0. The van der Waals surface area contributed by atoms with E-state index < -0.39 is 0 Å². The van der Waals surface area contributed by atoms with Crippen molar-refractivity contribution in [3.8, 4) is 0 Å². The Kier molecular flexibility index (Phi) is 2.89. The molecule has 2 fully saturated rings. The van der Waals surface area contributed by atoms with Gasteiger partial charge in [0.05, 0.1) is 10.7 Å². The number of amides is 2.